The van der Waals surface area contributed by atoms with Gasteiger partial charge in [0.2, 0.25) is 0 Å². The number of nitrogens with zero attached hydrogens (tertiary/aromatic N) is 1. The molecule has 0 aromatic rings. The Morgan fingerprint density at radius 2 is 1.63 bits per heavy atom. The molecule has 0 spiro atoms. The highest BCUT2D eigenvalue weighted by Crippen LogP contribution is 2.15. The van der Waals surface area contributed by atoms with Crippen molar-refractivity contribution in [3.8, 4) is 0 Å². The van der Waals surface area contributed by atoms with Gasteiger partial charge in [-0.15, -0.1) is 0 Å². The minimum atomic E-state index is 0. The lowest BCUT2D eigenvalue weighted by Crippen LogP contribution is -2.19. The molecule has 0 unspecified atom stereocenters. The van der Waals surface area contributed by atoms with Gasteiger partial charge in [0.25, 0.3) is 0 Å². The summed E-state index contributed by atoms with van der Waals surface area (Å²) in [4.78, 5) is 4.00. The molecule has 1 heterocycles. The summed E-state index contributed by atoms with van der Waals surface area (Å²) in [5.41, 5.74) is 12.1. The Kier molecular flexibility index (Phi) is 23.7. The average Bonchev–Trinajstić information content (AvgIpc) is 3.07. The van der Waals surface area contributed by atoms with Crippen LogP contribution in [0.5, 0.6) is 0 Å². The van der Waals surface area contributed by atoms with Crippen LogP contribution in [0.4, 0.5) is 0 Å². The van der Waals surface area contributed by atoms with Gasteiger partial charge in [-0.05, 0) is 49.1 Å². The fourth-order valence-corrected chi connectivity index (χ4v) is 2.20. The monoisotopic (exact) mass is 382 g/mol. The fraction of sp³-hybridized carbons (Fsp3) is 0.783. The number of nitrogens with one attached hydrogen (secondary N) is 1. The zero-order valence-corrected chi connectivity index (χ0v) is 18.4. The zero-order chi connectivity index (χ0) is 20.4. The quantitative estimate of drug-likeness (QED) is 0.415. The van der Waals surface area contributed by atoms with E-state index in [1.54, 1.807) is 0 Å². The first-order valence-corrected chi connectivity index (χ1v) is 10.3. The van der Waals surface area contributed by atoms with E-state index in [4.69, 9.17) is 11.5 Å². The third-order valence-electron chi connectivity index (χ3n) is 3.96. The van der Waals surface area contributed by atoms with Crippen LogP contribution in [0.3, 0.4) is 0 Å². The van der Waals surface area contributed by atoms with Gasteiger partial charge in [-0.2, -0.15) is 0 Å². The number of aliphatic imine (C=N–C) groups is 1. The summed E-state index contributed by atoms with van der Waals surface area (Å²) in [6.07, 6.45) is 11.2. The molecule has 0 aliphatic carbocycles. The first-order valence-electron chi connectivity index (χ1n) is 10.3. The molecule has 0 amide bonds. The van der Waals surface area contributed by atoms with Gasteiger partial charge >= 0.3 is 0 Å². The van der Waals surface area contributed by atoms with Gasteiger partial charge in [-0.3, -0.25) is 4.99 Å². The SMILES string of the molecule is C.C=C(N)NCCCC(C)C.CC(C)C1=CN=CC1.CC(C)CCCCN. The molecule has 4 nitrogen and oxygen atoms in total. The molecule has 1 rings (SSSR count). The largest absolute Gasteiger partial charge is 0.386 e. The summed E-state index contributed by atoms with van der Waals surface area (Å²) in [6.45, 7) is 18.7. The molecule has 0 fully saturated rings. The summed E-state index contributed by atoms with van der Waals surface area (Å²) >= 11 is 0. The van der Waals surface area contributed by atoms with Crippen molar-refractivity contribution in [3.63, 3.8) is 0 Å². The number of unbranched alkanes of at least 4 members (excludes halogenated alkanes) is 1. The van der Waals surface area contributed by atoms with E-state index >= 15 is 0 Å². The summed E-state index contributed by atoms with van der Waals surface area (Å²) < 4.78 is 0. The molecule has 162 valence electrons. The normalized spacial score (nSPS) is 12.0. The Labute approximate surface area is 171 Å². The number of nitrogens with two attached hydrogens (primary N) is 2. The van der Waals surface area contributed by atoms with Gasteiger partial charge in [0.05, 0.1) is 5.82 Å². The van der Waals surface area contributed by atoms with E-state index in [0.717, 1.165) is 31.3 Å². The van der Waals surface area contributed by atoms with E-state index in [1.807, 2.05) is 12.4 Å². The van der Waals surface area contributed by atoms with Crippen LogP contribution >= 0.6 is 0 Å². The lowest BCUT2D eigenvalue weighted by atomic mass is 10.0. The third kappa shape index (κ3) is 27.0. The van der Waals surface area contributed by atoms with Crippen LogP contribution in [0.15, 0.2) is 29.2 Å². The number of hydrogen-bond donors (Lipinski definition) is 3. The number of rotatable bonds is 10. The van der Waals surface area contributed by atoms with Crippen molar-refractivity contribution in [3.05, 3.63) is 24.2 Å². The zero-order valence-electron chi connectivity index (χ0n) is 18.4. The average molecular weight is 383 g/mol. The van der Waals surface area contributed by atoms with Crippen molar-refractivity contribution in [2.45, 2.75) is 87.5 Å². The predicted octanol–water partition coefficient (Wildman–Crippen LogP) is 5.85. The topological polar surface area (TPSA) is 76.4 Å². The van der Waals surface area contributed by atoms with E-state index < -0.39 is 0 Å². The van der Waals surface area contributed by atoms with Crippen LogP contribution in [0.2, 0.25) is 0 Å². The van der Waals surface area contributed by atoms with Gasteiger partial charge in [0.15, 0.2) is 0 Å². The first-order chi connectivity index (χ1) is 12.2. The fourth-order valence-electron chi connectivity index (χ4n) is 2.20. The molecule has 1 aliphatic heterocycles. The summed E-state index contributed by atoms with van der Waals surface area (Å²) in [7, 11) is 0. The maximum Gasteiger partial charge on any atom is 0.0885 e. The Hall–Kier alpha value is -1.29. The Balaban J connectivity index is -0.000000317. The molecule has 1 aliphatic rings. The molecular formula is C23H50N4. The van der Waals surface area contributed by atoms with E-state index in [9.17, 15) is 0 Å². The van der Waals surface area contributed by atoms with Crippen LogP contribution in [-0.2, 0) is 0 Å². The minimum absolute atomic E-state index is 0. The van der Waals surface area contributed by atoms with Crippen molar-refractivity contribution < 1.29 is 0 Å². The smallest absolute Gasteiger partial charge is 0.0885 e. The number of hydrogen-bond acceptors (Lipinski definition) is 4. The van der Waals surface area contributed by atoms with Crippen LogP contribution in [0.1, 0.15) is 87.5 Å². The van der Waals surface area contributed by atoms with Crippen molar-refractivity contribution in [1.82, 2.24) is 5.32 Å². The summed E-state index contributed by atoms with van der Waals surface area (Å²) in [6, 6.07) is 0. The van der Waals surface area contributed by atoms with Crippen LogP contribution in [-0.4, -0.2) is 19.3 Å². The van der Waals surface area contributed by atoms with Gasteiger partial charge in [-0.1, -0.05) is 68.4 Å². The Morgan fingerprint density at radius 1 is 1.07 bits per heavy atom. The molecule has 4 heteroatoms. The number of allylic oxidation sites excluding steroid dienone is 1. The van der Waals surface area contributed by atoms with E-state index in [-0.39, 0.29) is 7.43 Å². The molecule has 0 bridgehead atoms. The molecule has 0 saturated carbocycles. The Morgan fingerprint density at radius 3 is 1.96 bits per heavy atom. The highest BCUT2D eigenvalue weighted by Gasteiger charge is 2.03. The lowest BCUT2D eigenvalue weighted by molar-refractivity contribution is 0.541. The van der Waals surface area contributed by atoms with Crippen molar-refractivity contribution in [1.29, 1.82) is 0 Å². The van der Waals surface area contributed by atoms with Crippen LogP contribution in [0, 0.1) is 17.8 Å². The molecule has 5 N–H and O–H groups in total. The van der Waals surface area contributed by atoms with Crippen LogP contribution < -0.4 is 16.8 Å². The highest BCUT2D eigenvalue weighted by molar-refractivity contribution is 5.65. The second kappa shape index (κ2) is 21.0. The van der Waals surface area contributed by atoms with Gasteiger partial charge in [0, 0.05) is 25.4 Å². The van der Waals surface area contributed by atoms with Crippen molar-refractivity contribution >= 4 is 6.21 Å². The second-order valence-corrected chi connectivity index (χ2v) is 8.06. The maximum absolute atomic E-state index is 5.31. The van der Waals surface area contributed by atoms with Gasteiger partial charge in [0.1, 0.15) is 0 Å². The van der Waals surface area contributed by atoms with Gasteiger partial charge < -0.3 is 16.8 Å². The molecule has 0 radical (unpaired) electrons. The van der Waals surface area contributed by atoms with Crippen LogP contribution in [0.25, 0.3) is 0 Å². The predicted molar refractivity (Wildman–Crippen MR) is 126 cm³/mol. The Bertz CT molecular complexity index is 382. The van der Waals surface area contributed by atoms with Crippen molar-refractivity contribution in [2.24, 2.45) is 34.2 Å². The van der Waals surface area contributed by atoms with E-state index in [2.05, 4.69) is 58.4 Å². The van der Waals surface area contributed by atoms with Crippen molar-refractivity contribution in [2.75, 3.05) is 13.1 Å². The third-order valence-corrected chi connectivity index (χ3v) is 3.96. The van der Waals surface area contributed by atoms with E-state index in [0.29, 0.717) is 11.7 Å². The molecule has 0 aromatic heterocycles. The molecular weight excluding hydrogens is 332 g/mol. The second-order valence-electron chi connectivity index (χ2n) is 8.06. The molecule has 0 aromatic carbocycles. The first kappa shape index (κ1) is 30.4. The minimum Gasteiger partial charge on any atom is -0.386 e. The summed E-state index contributed by atoms with van der Waals surface area (Å²) in [5.74, 6) is 2.88. The molecule has 0 atom stereocenters. The van der Waals surface area contributed by atoms with Gasteiger partial charge in [-0.25, -0.2) is 0 Å². The highest BCUT2D eigenvalue weighted by atomic mass is 15.0. The lowest BCUT2D eigenvalue weighted by Gasteiger charge is -2.05. The van der Waals surface area contributed by atoms with E-state index in [1.165, 1.54) is 37.7 Å². The standard InChI is InChI=1S/C8H18N2.C7H11N.C7H17N.CH4/c1-7(2)5-4-6-10-8(3)9;1-6(2)7-3-4-8-5-7;1-7(2)5-3-4-6-8;/h7,10H,3-6,9H2,1-2H3;4-6H,3H2,1-2H3;7H,3-6,8H2,1-2H3;1H4. The maximum atomic E-state index is 5.31. The molecule has 27 heavy (non-hydrogen) atoms. The summed E-state index contributed by atoms with van der Waals surface area (Å²) in [5, 5.41) is 2.98. The molecule has 0 saturated heterocycles.